The topological polar surface area (TPSA) is 72.5 Å². The summed E-state index contributed by atoms with van der Waals surface area (Å²) in [7, 11) is 1.67. The number of fused-ring (bicyclic) bond motifs is 1. The number of hydrogen-bond donors (Lipinski definition) is 1. The molecule has 1 amide bonds. The summed E-state index contributed by atoms with van der Waals surface area (Å²) in [6.07, 6.45) is -0.473. The molecule has 5 rings (SSSR count). The average Bonchev–Trinajstić information content (AvgIpc) is 3.38. The highest BCUT2D eigenvalue weighted by atomic mass is 16.7. The number of piperazine rings is 1. The minimum absolute atomic E-state index is 0.0363. The fourth-order valence-electron chi connectivity index (χ4n) is 4.47. The summed E-state index contributed by atoms with van der Waals surface area (Å²) in [5.41, 5.74) is 2.24. The molecule has 3 aromatic carbocycles. The van der Waals surface area contributed by atoms with Gasteiger partial charge in [-0.3, -0.25) is 4.90 Å². The summed E-state index contributed by atoms with van der Waals surface area (Å²) < 4.78 is 21.8. The van der Waals surface area contributed by atoms with E-state index in [0.717, 1.165) is 49.0 Å². The molecule has 0 bridgehead atoms. The fraction of sp³-hybridized carbons (Fsp3) is 0.296. The van der Waals surface area contributed by atoms with Gasteiger partial charge in [-0.05, 0) is 54.1 Å². The molecule has 1 saturated heterocycles. The van der Waals surface area contributed by atoms with E-state index in [4.69, 9.17) is 18.9 Å². The Labute approximate surface area is 205 Å². The summed E-state index contributed by atoms with van der Waals surface area (Å²) in [6.45, 7) is 4.09. The zero-order valence-electron chi connectivity index (χ0n) is 19.7. The van der Waals surface area contributed by atoms with Crippen LogP contribution in [-0.2, 0) is 0 Å². The number of methoxy groups -OCH3 is 1. The number of nitrogens with one attached hydrogen (secondary N) is 1. The van der Waals surface area contributed by atoms with Gasteiger partial charge in [-0.25, -0.2) is 4.79 Å². The number of carbonyl (C=O) groups excluding carboxylic acids is 1. The van der Waals surface area contributed by atoms with E-state index in [-0.39, 0.29) is 12.8 Å². The number of ether oxygens (including phenoxy) is 4. The smallest absolute Gasteiger partial charge is 0.412 e. The standard InChI is InChI=1S/C27H29N3O5/c1-32-22-10-8-21(9-11-22)29-13-15-30(16-14-29)24(20-7-12-25-26(17-20)34-19-33-25)18-28-27(31)35-23-5-3-2-4-6-23/h2-12,17,24H,13-16,18-19H2,1H3,(H,28,31)/t24-/m0/s1. The minimum Gasteiger partial charge on any atom is -0.497 e. The van der Waals surface area contributed by atoms with E-state index in [9.17, 15) is 4.79 Å². The van der Waals surface area contributed by atoms with Crippen LogP contribution in [0.2, 0.25) is 0 Å². The van der Waals surface area contributed by atoms with Gasteiger partial charge in [0.1, 0.15) is 11.5 Å². The average molecular weight is 476 g/mol. The van der Waals surface area contributed by atoms with Crippen LogP contribution in [0.25, 0.3) is 0 Å². The lowest BCUT2D eigenvalue weighted by Crippen LogP contribution is -2.50. The summed E-state index contributed by atoms with van der Waals surface area (Å²) in [5, 5.41) is 2.95. The molecule has 2 aliphatic heterocycles. The maximum absolute atomic E-state index is 12.5. The van der Waals surface area contributed by atoms with E-state index in [2.05, 4.69) is 27.2 Å². The first kappa shape index (κ1) is 22.9. The van der Waals surface area contributed by atoms with E-state index in [1.54, 1.807) is 19.2 Å². The quantitative estimate of drug-likeness (QED) is 0.552. The van der Waals surface area contributed by atoms with Crippen LogP contribution in [0.5, 0.6) is 23.0 Å². The number of hydrogen-bond acceptors (Lipinski definition) is 7. The monoisotopic (exact) mass is 475 g/mol. The first-order valence-corrected chi connectivity index (χ1v) is 11.7. The van der Waals surface area contributed by atoms with Crippen LogP contribution in [0.1, 0.15) is 11.6 Å². The minimum atomic E-state index is -0.473. The lowest BCUT2D eigenvalue weighted by molar-refractivity contribution is 0.168. The van der Waals surface area contributed by atoms with Crippen molar-refractivity contribution >= 4 is 11.8 Å². The molecular weight excluding hydrogens is 446 g/mol. The molecule has 8 nitrogen and oxygen atoms in total. The molecule has 2 aliphatic rings. The molecule has 1 fully saturated rings. The normalized spacial score (nSPS) is 16.0. The molecule has 3 aromatic rings. The number of benzene rings is 3. The number of rotatable bonds is 7. The van der Waals surface area contributed by atoms with Crippen molar-refractivity contribution in [3.63, 3.8) is 0 Å². The Kier molecular flexibility index (Phi) is 6.90. The first-order chi connectivity index (χ1) is 17.2. The Morgan fingerprint density at radius 1 is 0.914 bits per heavy atom. The number of para-hydroxylation sites is 1. The van der Waals surface area contributed by atoms with Gasteiger partial charge in [-0.15, -0.1) is 0 Å². The van der Waals surface area contributed by atoms with Crippen LogP contribution in [-0.4, -0.2) is 57.6 Å². The van der Waals surface area contributed by atoms with E-state index in [1.807, 2.05) is 48.5 Å². The molecule has 8 heteroatoms. The van der Waals surface area contributed by atoms with Crippen molar-refractivity contribution in [1.29, 1.82) is 0 Å². The highest BCUT2D eigenvalue weighted by Gasteiger charge is 2.27. The second-order valence-electron chi connectivity index (χ2n) is 8.43. The van der Waals surface area contributed by atoms with E-state index < -0.39 is 6.09 Å². The van der Waals surface area contributed by atoms with E-state index in [1.165, 1.54) is 5.69 Å². The van der Waals surface area contributed by atoms with Gasteiger partial charge >= 0.3 is 6.09 Å². The Hall–Kier alpha value is -3.91. The molecule has 2 heterocycles. The summed E-state index contributed by atoms with van der Waals surface area (Å²) in [4.78, 5) is 17.2. The third-order valence-electron chi connectivity index (χ3n) is 6.37. The van der Waals surface area contributed by atoms with E-state index in [0.29, 0.717) is 12.3 Å². The molecule has 1 N–H and O–H groups in total. The highest BCUT2D eigenvalue weighted by molar-refractivity contribution is 5.70. The van der Waals surface area contributed by atoms with Crippen LogP contribution in [0, 0.1) is 0 Å². The number of amides is 1. The largest absolute Gasteiger partial charge is 0.497 e. The molecule has 0 radical (unpaired) electrons. The number of carbonyl (C=O) groups is 1. The molecule has 0 saturated carbocycles. The van der Waals surface area contributed by atoms with Crippen molar-refractivity contribution < 1.29 is 23.7 Å². The predicted octanol–water partition coefficient (Wildman–Crippen LogP) is 4.08. The second-order valence-corrected chi connectivity index (χ2v) is 8.43. The second kappa shape index (κ2) is 10.6. The predicted molar refractivity (Wildman–Crippen MR) is 133 cm³/mol. The first-order valence-electron chi connectivity index (χ1n) is 11.7. The Morgan fingerprint density at radius 2 is 1.66 bits per heavy atom. The molecule has 35 heavy (non-hydrogen) atoms. The highest BCUT2D eigenvalue weighted by Crippen LogP contribution is 2.36. The van der Waals surface area contributed by atoms with Crippen LogP contribution in [0.4, 0.5) is 10.5 Å². The molecule has 182 valence electrons. The van der Waals surface area contributed by atoms with Crippen molar-refractivity contribution in [2.24, 2.45) is 0 Å². The van der Waals surface area contributed by atoms with Gasteiger partial charge in [0.2, 0.25) is 6.79 Å². The maximum atomic E-state index is 12.5. The third-order valence-corrected chi connectivity index (χ3v) is 6.37. The molecule has 0 aromatic heterocycles. The lowest BCUT2D eigenvalue weighted by Gasteiger charge is -2.40. The SMILES string of the molecule is COc1ccc(N2CCN([C@@H](CNC(=O)Oc3ccccc3)c3ccc4c(c3)OCO4)CC2)cc1. The molecule has 0 unspecified atom stereocenters. The summed E-state index contributed by atoms with van der Waals surface area (Å²) >= 11 is 0. The molecule has 0 spiro atoms. The summed E-state index contributed by atoms with van der Waals surface area (Å²) in [6, 6.07) is 23.2. The number of anilines is 1. The van der Waals surface area contributed by atoms with Crippen LogP contribution < -0.4 is 29.2 Å². The maximum Gasteiger partial charge on any atom is 0.412 e. The van der Waals surface area contributed by atoms with Gasteiger partial charge in [0.15, 0.2) is 11.5 Å². The van der Waals surface area contributed by atoms with Crippen LogP contribution in [0.3, 0.4) is 0 Å². The van der Waals surface area contributed by atoms with Crippen LogP contribution >= 0.6 is 0 Å². The van der Waals surface area contributed by atoms with Crippen molar-refractivity contribution in [2.45, 2.75) is 6.04 Å². The number of nitrogens with zero attached hydrogens (tertiary/aromatic N) is 2. The van der Waals surface area contributed by atoms with Crippen molar-refractivity contribution in [3.8, 4) is 23.0 Å². The Balaban J connectivity index is 1.27. The van der Waals surface area contributed by atoms with Gasteiger partial charge in [0, 0.05) is 38.4 Å². The van der Waals surface area contributed by atoms with Crippen molar-refractivity contribution in [2.75, 3.05) is 51.5 Å². The van der Waals surface area contributed by atoms with Gasteiger partial charge in [-0.1, -0.05) is 24.3 Å². The molecule has 0 aliphatic carbocycles. The summed E-state index contributed by atoms with van der Waals surface area (Å²) in [5.74, 6) is 2.84. The van der Waals surface area contributed by atoms with Gasteiger partial charge in [0.25, 0.3) is 0 Å². The van der Waals surface area contributed by atoms with Gasteiger partial charge in [0.05, 0.1) is 13.2 Å². The Bertz CT molecular complexity index is 1130. The third kappa shape index (κ3) is 5.44. The van der Waals surface area contributed by atoms with Crippen LogP contribution in [0.15, 0.2) is 72.8 Å². The molecule has 1 atom stereocenters. The lowest BCUT2D eigenvalue weighted by atomic mass is 10.0. The van der Waals surface area contributed by atoms with E-state index >= 15 is 0 Å². The molecular formula is C27H29N3O5. The van der Waals surface area contributed by atoms with Crippen molar-refractivity contribution in [1.82, 2.24) is 10.2 Å². The fourth-order valence-corrected chi connectivity index (χ4v) is 4.47. The van der Waals surface area contributed by atoms with Gasteiger partial charge in [-0.2, -0.15) is 0 Å². The van der Waals surface area contributed by atoms with Gasteiger partial charge < -0.3 is 29.2 Å². The zero-order valence-corrected chi connectivity index (χ0v) is 19.7. The zero-order chi connectivity index (χ0) is 24.0. The Morgan fingerprint density at radius 3 is 2.40 bits per heavy atom. The van der Waals surface area contributed by atoms with Crippen molar-refractivity contribution in [3.05, 3.63) is 78.4 Å².